The predicted molar refractivity (Wildman–Crippen MR) is 77.7 cm³/mol. The number of hydrogen-bond donors (Lipinski definition) is 2. The second-order valence-corrected chi connectivity index (χ2v) is 5.23. The van der Waals surface area contributed by atoms with Gasteiger partial charge in [0, 0.05) is 4.47 Å². The molecule has 0 aliphatic carbocycles. The van der Waals surface area contributed by atoms with Gasteiger partial charge in [-0.05, 0) is 51.3 Å². The fourth-order valence-corrected chi connectivity index (χ4v) is 2.37. The highest BCUT2D eigenvalue weighted by molar-refractivity contribution is 9.10. The molecule has 8 heteroatoms. The van der Waals surface area contributed by atoms with E-state index in [1.807, 2.05) is 0 Å². The third-order valence-corrected chi connectivity index (χ3v) is 3.46. The number of carbonyl (C=O) groups is 1. The zero-order valence-corrected chi connectivity index (χ0v) is 12.4. The quantitative estimate of drug-likeness (QED) is 0.729. The molecule has 0 aromatic heterocycles. The van der Waals surface area contributed by atoms with Crippen LogP contribution in [0.1, 0.15) is 5.56 Å². The Kier molecular flexibility index (Phi) is 4.41. The van der Waals surface area contributed by atoms with Crippen LogP contribution in [0, 0.1) is 5.82 Å². The van der Waals surface area contributed by atoms with Crippen LogP contribution in [-0.2, 0) is 6.18 Å². The fraction of sp³-hybridized carbons (Fsp3) is 0.0714. The van der Waals surface area contributed by atoms with Crippen molar-refractivity contribution in [2.45, 2.75) is 6.18 Å². The predicted octanol–water partition coefficient (Wildman–Crippen LogP) is 4.76. The molecule has 2 aromatic carbocycles. The van der Waals surface area contributed by atoms with Crippen molar-refractivity contribution in [3.05, 3.63) is 52.3 Å². The van der Waals surface area contributed by atoms with Gasteiger partial charge in [-0.3, -0.25) is 0 Å². The number of benzene rings is 2. The van der Waals surface area contributed by atoms with Gasteiger partial charge in [0.25, 0.3) is 0 Å². The molecule has 0 bridgehead atoms. The molecule has 116 valence electrons. The molecule has 0 heterocycles. The van der Waals surface area contributed by atoms with Crippen molar-refractivity contribution in [3.63, 3.8) is 0 Å². The van der Waals surface area contributed by atoms with Crippen LogP contribution in [-0.4, -0.2) is 6.03 Å². The van der Waals surface area contributed by atoms with E-state index in [1.165, 1.54) is 18.2 Å². The Morgan fingerprint density at radius 1 is 1.09 bits per heavy atom. The molecule has 0 aliphatic rings. The summed E-state index contributed by atoms with van der Waals surface area (Å²) in [5.74, 6) is -0.761. The van der Waals surface area contributed by atoms with E-state index in [4.69, 9.17) is 5.73 Å². The minimum atomic E-state index is -4.43. The van der Waals surface area contributed by atoms with Crippen molar-refractivity contribution in [3.8, 4) is 11.1 Å². The summed E-state index contributed by atoms with van der Waals surface area (Å²) in [6.45, 7) is 0. The van der Waals surface area contributed by atoms with Crippen LogP contribution in [0.2, 0.25) is 0 Å². The summed E-state index contributed by atoms with van der Waals surface area (Å²) in [5.41, 5.74) is 4.76. The van der Waals surface area contributed by atoms with Crippen molar-refractivity contribution in [1.29, 1.82) is 0 Å². The minimum Gasteiger partial charge on any atom is -0.351 e. The first kappa shape index (κ1) is 16.3. The van der Waals surface area contributed by atoms with Crippen molar-refractivity contribution in [1.82, 2.24) is 0 Å². The lowest BCUT2D eigenvalue weighted by Gasteiger charge is -2.11. The van der Waals surface area contributed by atoms with Crippen molar-refractivity contribution in [2.24, 2.45) is 5.73 Å². The van der Waals surface area contributed by atoms with Gasteiger partial charge < -0.3 is 11.1 Å². The zero-order valence-electron chi connectivity index (χ0n) is 10.8. The Hall–Kier alpha value is -2.09. The molecular weight excluding hydrogens is 368 g/mol. The number of carbonyl (C=O) groups excluding carboxylic acids is 1. The van der Waals surface area contributed by atoms with Gasteiger partial charge in [0.15, 0.2) is 0 Å². The summed E-state index contributed by atoms with van der Waals surface area (Å²) in [7, 11) is 0. The van der Waals surface area contributed by atoms with Gasteiger partial charge in [0.05, 0.1) is 11.3 Å². The summed E-state index contributed by atoms with van der Waals surface area (Å²) < 4.78 is 51.7. The Balaban J connectivity index is 2.39. The first-order chi connectivity index (χ1) is 10.2. The lowest BCUT2D eigenvalue weighted by atomic mass is 10.0. The van der Waals surface area contributed by atoms with Gasteiger partial charge >= 0.3 is 12.2 Å². The van der Waals surface area contributed by atoms with Crippen LogP contribution < -0.4 is 11.1 Å². The van der Waals surface area contributed by atoms with Crippen molar-refractivity contribution in [2.75, 3.05) is 5.32 Å². The van der Waals surface area contributed by atoms with E-state index in [0.717, 1.165) is 18.2 Å². The number of amides is 2. The molecule has 0 atom stereocenters. The molecule has 2 amide bonds. The summed E-state index contributed by atoms with van der Waals surface area (Å²) >= 11 is 3.08. The van der Waals surface area contributed by atoms with Gasteiger partial charge in [0.1, 0.15) is 5.82 Å². The summed E-state index contributed by atoms with van der Waals surface area (Å²) in [6, 6.07) is 5.95. The lowest BCUT2D eigenvalue weighted by Crippen LogP contribution is -2.20. The number of urea groups is 1. The minimum absolute atomic E-state index is 0.136. The third-order valence-electron chi connectivity index (χ3n) is 2.84. The average Bonchev–Trinajstić information content (AvgIpc) is 2.41. The Labute approximate surface area is 131 Å². The summed E-state index contributed by atoms with van der Waals surface area (Å²) in [6.07, 6.45) is -4.43. The van der Waals surface area contributed by atoms with Crippen LogP contribution in [0.3, 0.4) is 0 Å². The molecule has 3 nitrogen and oxygen atoms in total. The molecule has 0 saturated carbocycles. The molecule has 0 saturated heterocycles. The Bertz CT molecular complexity index is 691. The van der Waals surface area contributed by atoms with Crippen molar-refractivity contribution >= 4 is 27.6 Å². The molecule has 3 N–H and O–H groups in total. The molecule has 2 rings (SSSR count). The van der Waals surface area contributed by atoms with E-state index in [9.17, 15) is 22.4 Å². The van der Waals surface area contributed by atoms with Gasteiger partial charge in [-0.2, -0.15) is 13.2 Å². The highest BCUT2D eigenvalue weighted by atomic mass is 79.9. The van der Waals surface area contributed by atoms with E-state index < -0.39 is 23.6 Å². The lowest BCUT2D eigenvalue weighted by molar-refractivity contribution is -0.137. The maximum absolute atomic E-state index is 13.9. The third kappa shape index (κ3) is 3.56. The first-order valence-electron chi connectivity index (χ1n) is 5.91. The van der Waals surface area contributed by atoms with Crippen LogP contribution in [0.5, 0.6) is 0 Å². The number of nitrogens with one attached hydrogen (secondary N) is 1. The topological polar surface area (TPSA) is 55.1 Å². The van der Waals surface area contributed by atoms with E-state index in [1.54, 1.807) is 0 Å². The smallest absolute Gasteiger partial charge is 0.351 e. The van der Waals surface area contributed by atoms with E-state index >= 15 is 0 Å². The number of halogens is 5. The average molecular weight is 377 g/mol. The van der Waals surface area contributed by atoms with E-state index in [0.29, 0.717) is 11.1 Å². The van der Waals surface area contributed by atoms with Gasteiger partial charge in [-0.1, -0.05) is 12.1 Å². The normalized spacial score (nSPS) is 11.3. The molecule has 0 spiro atoms. The molecule has 0 radical (unpaired) electrons. The van der Waals surface area contributed by atoms with Crippen LogP contribution in [0.4, 0.5) is 28.0 Å². The molecular formula is C14H9BrF4N2O. The zero-order chi connectivity index (χ0) is 16.5. The van der Waals surface area contributed by atoms with Crippen LogP contribution >= 0.6 is 15.9 Å². The van der Waals surface area contributed by atoms with Gasteiger partial charge in [-0.15, -0.1) is 0 Å². The monoisotopic (exact) mass is 376 g/mol. The number of anilines is 1. The highest BCUT2D eigenvalue weighted by Crippen LogP contribution is 2.34. The number of hydrogen-bond acceptors (Lipinski definition) is 1. The van der Waals surface area contributed by atoms with Crippen LogP contribution in [0.25, 0.3) is 11.1 Å². The van der Waals surface area contributed by atoms with E-state index in [-0.39, 0.29) is 10.2 Å². The fourth-order valence-electron chi connectivity index (χ4n) is 1.83. The standard InChI is InChI=1S/C14H9BrF4N2O/c15-10-5-8(6-11(16)12(10)21-13(20)22)7-1-3-9(4-2-7)14(17,18)19/h1-6H,(H3,20,21,22). The molecule has 22 heavy (non-hydrogen) atoms. The maximum Gasteiger partial charge on any atom is 0.416 e. The second kappa shape index (κ2) is 5.96. The summed E-state index contributed by atoms with van der Waals surface area (Å²) in [4.78, 5) is 10.8. The Morgan fingerprint density at radius 2 is 1.68 bits per heavy atom. The maximum atomic E-state index is 13.9. The molecule has 0 aliphatic heterocycles. The SMILES string of the molecule is NC(=O)Nc1c(F)cc(-c2ccc(C(F)(F)F)cc2)cc1Br. The van der Waals surface area contributed by atoms with E-state index in [2.05, 4.69) is 21.2 Å². The largest absolute Gasteiger partial charge is 0.416 e. The second-order valence-electron chi connectivity index (χ2n) is 4.38. The summed E-state index contributed by atoms with van der Waals surface area (Å²) in [5, 5.41) is 2.12. The number of nitrogens with two attached hydrogens (primary N) is 1. The molecule has 0 fully saturated rings. The van der Waals surface area contributed by atoms with Crippen molar-refractivity contribution < 1.29 is 22.4 Å². The first-order valence-corrected chi connectivity index (χ1v) is 6.71. The Morgan fingerprint density at radius 3 is 2.14 bits per heavy atom. The number of rotatable bonds is 2. The number of alkyl halides is 3. The highest BCUT2D eigenvalue weighted by Gasteiger charge is 2.30. The number of primary amides is 1. The molecule has 2 aromatic rings. The molecule has 0 unspecified atom stereocenters. The van der Waals surface area contributed by atoms with Gasteiger partial charge in [-0.25, -0.2) is 9.18 Å². The van der Waals surface area contributed by atoms with Crippen LogP contribution in [0.15, 0.2) is 40.9 Å². The van der Waals surface area contributed by atoms with Gasteiger partial charge in [0.2, 0.25) is 0 Å².